The van der Waals surface area contributed by atoms with Gasteiger partial charge in [-0.2, -0.15) is 0 Å². The van der Waals surface area contributed by atoms with Crippen molar-refractivity contribution in [2.24, 2.45) is 17.8 Å². The van der Waals surface area contributed by atoms with Crippen LogP contribution in [0.1, 0.15) is 19.3 Å². The van der Waals surface area contributed by atoms with E-state index in [0.29, 0.717) is 19.3 Å². The molecule has 1 saturated heterocycles. The summed E-state index contributed by atoms with van der Waals surface area (Å²) in [7, 11) is 0. The summed E-state index contributed by atoms with van der Waals surface area (Å²) in [6.07, 6.45) is 1.07. The Kier molecular flexibility index (Phi) is 3.34. The minimum absolute atomic E-state index is 0. The molecule has 15 heavy (non-hydrogen) atoms. The molecule has 2 bridgehead atoms. The first-order valence-corrected chi connectivity index (χ1v) is 4.56. The number of esters is 2. The van der Waals surface area contributed by atoms with Gasteiger partial charge in [0.1, 0.15) is 0 Å². The molecule has 1 aliphatic carbocycles. The van der Waals surface area contributed by atoms with E-state index in [2.05, 4.69) is 4.74 Å². The fourth-order valence-corrected chi connectivity index (χ4v) is 2.17. The third-order valence-corrected chi connectivity index (χ3v) is 2.92. The van der Waals surface area contributed by atoms with Crippen LogP contribution in [-0.2, 0) is 19.1 Å². The van der Waals surface area contributed by atoms with Gasteiger partial charge >= 0.3 is 17.9 Å². The highest BCUT2D eigenvalue weighted by molar-refractivity contribution is 5.92. The fraction of sp³-hybridized carbons (Fsp3) is 0.667. The zero-order chi connectivity index (χ0) is 10.3. The molecule has 2 unspecified atom stereocenters. The van der Waals surface area contributed by atoms with Crippen LogP contribution in [0.15, 0.2) is 0 Å². The van der Waals surface area contributed by atoms with Gasteiger partial charge in [-0.05, 0) is 19.3 Å². The molecule has 0 amide bonds. The van der Waals surface area contributed by atoms with Crippen molar-refractivity contribution in [3.8, 4) is 0 Å². The van der Waals surface area contributed by atoms with Crippen LogP contribution >= 0.6 is 12.4 Å². The Morgan fingerprint density at radius 1 is 1.13 bits per heavy atom. The molecule has 0 aromatic carbocycles. The zero-order valence-electron chi connectivity index (χ0n) is 7.84. The number of hydrogen-bond acceptors (Lipinski definition) is 4. The van der Waals surface area contributed by atoms with Crippen LogP contribution in [0.4, 0.5) is 0 Å². The Morgan fingerprint density at radius 2 is 1.60 bits per heavy atom. The number of carbonyl (C=O) groups excluding carboxylic acids is 2. The summed E-state index contributed by atoms with van der Waals surface area (Å²) >= 11 is 0. The van der Waals surface area contributed by atoms with Gasteiger partial charge < -0.3 is 9.84 Å². The largest absolute Gasteiger partial charge is 0.481 e. The maximum atomic E-state index is 11.1. The van der Waals surface area contributed by atoms with E-state index in [-0.39, 0.29) is 12.4 Å². The first-order chi connectivity index (χ1) is 6.58. The summed E-state index contributed by atoms with van der Waals surface area (Å²) in [5.74, 6) is -3.41. The first-order valence-electron chi connectivity index (χ1n) is 4.56. The highest BCUT2D eigenvalue weighted by Crippen LogP contribution is 2.38. The highest BCUT2D eigenvalue weighted by Gasteiger charge is 2.45. The van der Waals surface area contributed by atoms with E-state index in [1.165, 1.54) is 0 Å². The van der Waals surface area contributed by atoms with Crippen LogP contribution in [-0.4, -0.2) is 23.0 Å². The maximum Gasteiger partial charge on any atom is 0.316 e. The number of carbonyl (C=O) groups is 3. The van der Waals surface area contributed by atoms with Gasteiger partial charge in [0.15, 0.2) is 0 Å². The normalized spacial score (nSPS) is 34.0. The van der Waals surface area contributed by atoms with E-state index in [4.69, 9.17) is 5.11 Å². The summed E-state index contributed by atoms with van der Waals surface area (Å²) in [5, 5.41) is 8.80. The van der Waals surface area contributed by atoms with Gasteiger partial charge in [0.05, 0.1) is 17.8 Å². The number of aliphatic carboxylic acids is 1. The van der Waals surface area contributed by atoms with Crippen molar-refractivity contribution in [1.29, 1.82) is 0 Å². The molecule has 84 valence electrons. The van der Waals surface area contributed by atoms with Crippen LogP contribution in [0.3, 0.4) is 0 Å². The monoisotopic (exact) mass is 234 g/mol. The zero-order valence-corrected chi connectivity index (χ0v) is 8.66. The molecule has 1 saturated carbocycles. The molecule has 0 aromatic heterocycles. The average molecular weight is 235 g/mol. The van der Waals surface area contributed by atoms with E-state index in [1.54, 1.807) is 0 Å². The van der Waals surface area contributed by atoms with Gasteiger partial charge in [-0.15, -0.1) is 12.4 Å². The third kappa shape index (κ3) is 2.12. The third-order valence-electron chi connectivity index (χ3n) is 2.92. The molecule has 0 aromatic rings. The van der Waals surface area contributed by atoms with Crippen molar-refractivity contribution in [2.45, 2.75) is 19.3 Å². The van der Waals surface area contributed by atoms with E-state index in [1.807, 2.05) is 0 Å². The minimum Gasteiger partial charge on any atom is -0.481 e. The Morgan fingerprint density at radius 3 is 2.00 bits per heavy atom. The van der Waals surface area contributed by atoms with Gasteiger partial charge in [-0.3, -0.25) is 14.4 Å². The van der Waals surface area contributed by atoms with E-state index in [0.717, 1.165) is 0 Å². The molecule has 1 aliphatic heterocycles. The summed E-state index contributed by atoms with van der Waals surface area (Å²) in [6, 6.07) is 0. The van der Waals surface area contributed by atoms with Crippen LogP contribution in [0.5, 0.6) is 0 Å². The summed E-state index contributed by atoms with van der Waals surface area (Å²) in [6.45, 7) is 0. The molecule has 2 atom stereocenters. The summed E-state index contributed by atoms with van der Waals surface area (Å²) in [4.78, 5) is 33.0. The van der Waals surface area contributed by atoms with Gasteiger partial charge in [0.2, 0.25) is 0 Å². The summed E-state index contributed by atoms with van der Waals surface area (Å²) in [5.41, 5.74) is 0. The molecule has 2 fully saturated rings. The van der Waals surface area contributed by atoms with Crippen molar-refractivity contribution >= 4 is 30.3 Å². The smallest absolute Gasteiger partial charge is 0.316 e. The maximum absolute atomic E-state index is 11.1. The predicted octanol–water partition coefficient (Wildman–Crippen LogP) is 0.609. The number of hydrogen-bond donors (Lipinski definition) is 1. The molecular formula is C9H11ClO5. The molecule has 2 aliphatic rings. The van der Waals surface area contributed by atoms with Crippen LogP contribution < -0.4 is 0 Å². The van der Waals surface area contributed by atoms with Crippen molar-refractivity contribution in [2.75, 3.05) is 0 Å². The highest BCUT2D eigenvalue weighted by atomic mass is 35.5. The SMILES string of the molecule is Cl.O=C(O)C1CC2CC(C1)C(=O)OC2=O. The minimum atomic E-state index is -0.929. The standard InChI is InChI=1S/C9H10O5.ClH/c10-7(11)4-1-5-3-6(2-4)9(13)14-8(5)12;/h4-6H,1-3H2,(H,10,11);1H. The Hall–Kier alpha value is -1.10. The number of carboxylic acids is 1. The van der Waals surface area contributed by atoms with Crippen LogP contribution in [0.2, 0.25) is 0 Å². The molecule has 6 heteroatoms. The topological polar surface area (TPSA) is 80.7 Å². The van der Waals surface area contributed by atoms with E-state index in [9.17, 15) is 14.4 Å². The van der Waals surface area contributed by atoms with Crippen LogP contribution in [0.25, 0.3) is 0 Å². The average Bonchev–Trinajstić information content (AvgIpc) is 2.15. The fourth-order valence-electron chi connectivity index (χ4n) is 2.17. The number of fused-ring (bicyclic) bond motifs is 2. The quantitative estimate of drug-likeness (QED) is 0.531. The lowest BCUT2D eigenvalue weighted by Crippen LogP contribution is -2.42. The molecular weight excluding hydrogens is 224 g/mol. The molecule has 2 rings (SSSR count). The lowest BCUT2D eigenvalue weighted by atomic mass is 9.74. The van der Waals surface area contributed by atoms with Crippen molar-refractivity contribution in [3.63, 3.8) is 0 Å². The lowest BCUT2D eigenvalue weighted by Gasteiger charge is -2.34. The van der Waals surface area contributed by atoms with Gasteiger partial charge in [0, 0.05) is 0 Å². The second-order valence-electron chi connectivity index (χ2n) is 3.88. The molecule has 0 radical (unpaired) electrons. The van der Waals surface area contributed by atoms with E-state index < -0.39 is 35.7 Å². The van der Waals surface area contributed by atoms with E-state index >= 15 is 0 Å². The number of ether oxygens (including phenoxy) is 1. The molecule has 1 heterocycles. The van der Waals surface area contributed by atoms with Crippen molar-refractivity contribution in [1.82, 2.24) is 0 Å². The van der Waals surface area contributed by atoms with Crippen molar-refractivity contribution < 1.29 is 24.2 Å². The second kappa shape index (κ2) is 4.18. The molecule has 1 N–H and O–H groups in total. The van der Waals surface area contributed by atoms with Crippen LogP contribution in [0, 0.1) is 17.8 Å². The Balaban J connectivity index is 0.00000112. The molecule has 0 spiro atoms. The number of rotatable bonds is 1. The lowest BCUT2D eigenvalue weighted by molar-refractivity contribution is -0.176. The van der Waals surface area contributed by atoms with Gasteiger partial charge in [-0.25, -0.2) is 0 Å². The predicted molar refractivity (Wildman–Crippen MR) is 50.3 cm³/mol. The molecule has 5 nitrogen and oxygen atoms in total. The number of carboxylic acid groups (broad SMARTS) is 1. The Bertz CT molecular complexity index is 292. The van der Waals surface area contributed by atoms with Gasteiger partial charge in [-0.1, -0.05) is 0 Å². The first kappa shape index (κ1) is 12.0. The number of halogens is 1. The van der Waals surface area contributed by atoms with Crippen molar-refractivity contribution in [3.05, 3.63) is 0 Å². The Labute approximate surface area is 92.2 Å². The summed E-state index contributed by atoms with van der Waals surface area (Å²) < 4.78 is 4.51. The van der Waals surface area contributed by atoms with Gasteiger partial charge in [0.25, 0.3) is 0 Å². The number of cyclic esters (lactones) is 2. The second-order valence-corrected chi connectivity index (χ2v) is 3.88.